The van der Waals surface area contributed by atoms with Crippen LogP contribution in [-0.4, -0.2) is 15.9 Å². The second kappa shape index (κ2) is 7.13. The molecule has 2 N–H and O–H groups in total. The van der Waals surface area contributed by atoms with Gasteiger partial charge in [-0.05, 0) is 42.5 Å². The van der Waals surface area contributed by atoms with Crippen LogP contribution in [0, 0.1) is 0 Å². The van der Waals surface area contributed by atoms with Crippen LogP contribution in [0.25, 0.3) is 39.5 Å². The molecule has 2 aromatic heterocycles. The van der Waals surface area contributed by atoms with E-state index in [1.165, 1.54) is 6.08 Å². The summed E-state index contributed by atoms with van der Waals surface area (Å²) in [4.78, 5) is 20.4. The molecule has 0 aliphatic carbocycles. The van der Waals surface area contributed by atoms with Crippen molar-refractivity contribution in [3.05, 3.63) is 90.7 Å². The number of anilines is 1. The number of amides is 1. The summed E-state index contributed by atoms with van der Waals surface area (Å²) in [5.41, 5.74) is 4.14. The minimum absolute atomic E-state index is 0.242. The third kappa shape index (κ3) is 3.41. The Labute approximate surface area is 166 Å². The topological polar surface area (TPSA) is 70.9 Å². The zero-order valence-electron chi connectivity index (χ0n) is 15.4. The molecule has 0 aliphatic heterocycles. The lowest BCUT2D eigenvalue weighted by atomic mass is 10.1. The summed E-state index contributed by atoms with van der Waals surface area (Å²) < 4.78 is 5.71. The van der Waals surface area contributed by atoms with Crippen molar-refractivity contribution in [2.24, 2.45) is 0 Å². The van der Waals surface area contributed by atoms with Gasteiger partial charge in [-0.15, -0.1) is 0 Å². The van der Waals surface area contributed by atoms with E-state index in [0.717, 1.165) is 27.6 Å². The van der Waals surface area contributed by atoms with Crippen LogP contribution in [0.3, 0.4) is 0 Å². The average Bonchev–Trinajstić information content (AvgIpc) is 3.36. The maximum Gasteiger partial charge on any atom is 0.248 e. The summed E-state index contributed by atoms with van der Waals surface area (Å²) in [5.74, 6) is 1.10. The number of imidazole rings is 1. The Morgan fingerprint density at radius 3 is 2.66 bits per heavy atom. The van der Waals surface area contributed by atoms with Crippen LogP contribution >= 0.6 is 0 Å². The number of nitrogens with one attached hydrogen (secondary N) is 2. The van der Waals surface area contributed by atoms with Gasteiger partial charge in [-0.25, -0.2) is 4.98 Å². The van der Waals surface area contributed by atoms with Gasteiger partial charge in [0.05, 0.1) is 16.7 Å². The maximum atomic E-state index is 12.5. The number of furan rings is 1. The standard InChI is InChI=1S/C24H17N3O2/c28-23(14-13-17-15-16-7-1-6-12-22(16)29-17)25-19-9-3-2-8-18(19)24-26-20-10-4-5-11-21(20)27-24/h1-15H,(H,25,28)(H,26,27)/b14-13+. The number of hydrogen-bond donors (Lipinski definition) is 2. The SMILES string of the molecule is O=C(/C=C/c1cc2ccccc2o1)Nc1ccccc1-c1nc2ccccc2[nH]1. The first-order valence-corrected chi connectivity index (χ1v) is 9.28. The Balaban J connectivity index is 1.39. The highest BCUT2D eigenvalue weighted by Gasteiger charge is 2.11. The van der Waals surface area contributed by atoms with E-state index in [1.807, 2.05) is 78.9 Å². The van der Waals surface area contributed by atoms with Gasteiger partial charge in [-0.3, -0.25) is 4.79 Å². The zero-order chi connectivity index (χ0) is 19.6. The molecule has 0 spiro atoms. The maximum absolute atomic E-state index is 12.5. The van der Waals surface area contributed by atoms with E-state index in [-0.39, 0.29) is 5.91 Å². The molecule has 5 heteroatoms. The van der Waals surface area contributed by atoms with Gasteiger partial charge < -0.3 is 14.7 Å². The molecule has 1 amide bonds. The number of hydrogen-bond acceptors (Lipinski definition) is 3. The summed E-state index contributed by atoms with van der Waals surface area (Å²) in [7, 11) is 0. The molecule has 29 heavy (non-hydrogen) atoms. The first-order chi connectivity index (χ1) is 14.3. The van der Waals surface area contributed by atoms with Crippen molar-refractivity contribution in [2.45, 2.75) is 0 Å². The minimum atomic E-state index is -0.242. The van der Waals surface area contributed by atoms with Gasteiger partial charge >= 0.3 is 0 Å². The molecule has 3 aromatic carbocycles. The van der Waals surface area contributed by atoms with Crippen molar-refractivity contribution in [2.75, 3.05) is 5.32 Å². The van der Waals surface area contributed by atoms with Crippen LogP contribution in [0.15, 0.2) is 89.4 Å². The number of carbonyl (C=O) groups is 1. The van der Waals surface area contributed by atoms with Crippen molar-refractivity contribution in [1.29, 1.82) is 0 Å². The van der Waals surface area contributed by atoms with Crippen LogP contribution in [-0.2, 0) is 4.79 Å². The van der Waals surface area contributed by atoms with Crippen molar-refractivity contribution in [1.82, 2.24) is 9.97 Å². The Morgan fingerprint density at radius 1 is 0.966 bits per heavy atom. The van der Waals surface area contributed by atoms with Crippen molar-refractivity contribution in [3.63, 3.8) is 0 Å². The molecule has 0 saturated carbocycles. The van der Waals surface area contributed by atoms with E-state index in [2.05, 4.69) is 15.3 Å². The Bertz CT molecular complexity index is 1290. The summed E-state index contributed by atoms with van der Waals surface area (Å²) in [5, 5.41) is 3.93. The Morgan fingerprint density at radius 2 is 1.76 bits per heavy atom. The number of carbonyl (C=O) groups excluding carboxylic acids is 1. The molecule has 5 rings (SSSR count). The highest BCUT2D eigenvalue weighted by molar-refractivity contribution is 6.04. The largest absolute Gasteiger partial charge is 0.457 e. The molecule has 0 aliphatic rings. The van der Waals surface area contributed by atoms with E-state index >= 15 is 0 Å². The lowest BCUT2D eigenvalue weighted by Crippen LogP contribution is -2.08. The van der Waals surface area contributed by atoms with Gasteiger partial charge in [0.1, 0.15) is 17.2 Å². The lowest BCUT2D eigenvalue weighted by Gasteiger charge is -2.07. The number of fused-ring (bicyclic) bond motifs is 2. The number of aromatic nitrogens is 2. The predicted molar refractivity (Wildman–Crippen MR) is 115 cm³/mol. The zero-order valence-corrected chi connectivity index (χ0v) is 15.4. The fourth-order valence-corrected chi connectivity index (χ4v) is 3.30. The number of aromatic amines is 1. The van der Waals surface area contributed by atoms with Gasteiger partial charge in [-0.2, -0.15) is 0 Å². The van der Waals surface area contributed by atoms with Gasteiger partial charge in [0.25, 0.3) is 0 Å². The molecule has 0 fully saturated rings. The van der Waals surface area contributed by atoms with Crippen LogP contribution in [0.5, 0.6) is 0 Å². The number of nitrogens with zero attached hydrogens (tertiary/aromatic N) is 1. The second-order valence-corrected chi connectivity index (χ2v) is 6.66. The minimum Gasteiger partial charge on any atom is -0.457 e. The van der Waals surface area contributed by atoms with Crippen LogP contribution in [0.1, 0.15) is 5.76 Å². The van der Waals surface area contributed by atoms with Crippen LogP contribution < -0.4 is 5.32 Å². The normalized spacial score (nSPS) is 11.4. The van der Waals surface area contributed by atoms with E-state index in [0.29, 0.717) is 17.3 Å². The highest BCUT2D eigenvalue weighted by atomic mass is 16.3. The van der Waals surface area contributed by atoms with Crippen LogP contribution in [0.4, 0.5) is 5.69 Å². The number of H-pyrrole nitrogens is 1. The molecule has 5 nitrogen and oxygen atoms in total. The molecule has 0 atom stereocenters. The number of rotatable bonds is 4. The molecule has 2 heterocycles. The molecule has 0 saturated heterocycles. The number of para-hydroxylation sites is 4. The molecule has 5 aromatic rings. The van der Waals surface area contributed by atoms with E-state index in [9.17, 15) is 4.79 Å². The van der Waals surface area contributed by atoms with Gasteiger partial charge in [-0.1, -0.05) is 42.5 Å². The quantitative estimate of drug-likeness (QED) is 0.398. The third-order valence-electron chi connectivity index (χ3n) is 4.67. The fraction of sp³-hybridized carbons (Fsp3) is 0. The second-order valence-electron chi connectivity index (χ2n) is 6.66. The van der Waals surface area contributed by atoms with Gasteiger partial charge in [0, 0.05) is 17.0 Å². The molecule has 0 bridgehead atoms. The first-order valence-electron chi connectivity index (χ1n) is 9.28. The summed E-state index contributed by atoms with van der Waals surface area (Å²) >= 11 is 0. The van der Waals surface area contributed by atoms with Crippen molar-refractivity contribution >= 4 is 39.7 Å². The number of benzene rings is 3. The smallest absolute Gasteiger partial charge is 0.248 e. The monoisotopic (exact) mass is 379 g/mol. The molecule has 0 radical (unpaired) electrons. The van der Waals surface area contributed by atoms with Gasteiger partial charge in [0.2, 0.25) is 5.91 Å². The van der Waals surface area contributed by atoms with Crippen LogP contribution in [0.2, 0.25) is 0 Å². The molecule has 140 valence electrons. The van der Waals surface area contributed by atoms with Crippen molar-refractivity contribution in [3.8, 4) is 11.4 Å². The van der Waals surface area contributed by atoms with Crippen molar-refractivity contribution < 1.29 is 9.21 Å². The summed E-state index contributed by atoms with van der Waals surface area (Å²) in [6.45, 7) is 0. The van der Waals surface area contributed by atoms with E-state index in [1.54, 1.807) is 6.08 Å². The average molecular weight is 379 g/mol. The van der Waals surface area contributed by atoms with E-state index in [4.69, 9.17) is 4.42 Å². The Kier molecular flexibility index (Phi) is 4.18. The molecular formula is C24H17N3O2. The first kappa shape index (κ1) is 17.0. The molecular weight excluding hydrogens is 362 g/mol. The lowest BCUT2D eigenvalue weighted by molar-refractivity contribution is -0.111. The van der Waals surface area contributed by atoms with E-state index < -0.39 is 0 Å². The highest BCUT2D eigenvalue weighted by Crippen LogP contribution is 2.27. The molecule has 0 unspecified atom stereocenters. The third-order valence-corrected chi connectivity index (χ3v) is 4.67. The fourth-order valence-electron chi connectivity index (χ4n) is 3.30. The summed E-state index contributed by atoms with van der Waals surface area (Å²) in [6, 6.07) is 25.1. The Hall–Kier alpha value is -4.12. The van der Waals surface area contributed by atoms with Gasteiger partial charge in [0.15, 0.2) is 0 Å². The predicted octanol–water partition coefficient (Wildman–Crippen LogP) is 5.63. The summed E-state index contributed by atoms with van der Waals surface area (Å²) in [6.07, 6.45) is 3.13.